The number of halogens is 1. The summed E-state index contributed by atoms with van der Waals surface area (Å²) in [6, 6.07) is 6.25. The molecule has 0 radical (unpaired) electrons. The summed E-state index contributed by atoms with van der Waals surface area (Å²) in [6.45, 7) is 2.03. The number of thiazole rings is 1. The van der Waals surface area contributed by atoms with Gasteiger partial charge in [-0.1, -0.05) is 15.9 Å². The summed E-state index contributed by atoms with van der Waals surface area (Å²) in [5, 5.41) is 6.54. The van der Waals surface area contributed by atoms with Crippen LogP contribution in [-0.4, -0.2) is 19.1 Å². The first-order valence-electron chi connectivity index (χ1n) is 6.05. The van der Waals surface area contributed by atoms with Crippen molar-refractivity contribution >= 4 is 27.3 Å². The van der Waals surface area contributed by atoms with Crippen LogP contribution >= 0.6 is 27.3 Å². The largest absolute Gasteiger partial charge is 0.497 e. The lowest BCUT2D eigenvalue weighted by atomic mass is 10.0. The molecule has 5 heteroatoms. The Labute approximate surface area is 126 Å². The van der Waals surface area contributed by atoms with Crippen LogP contribution in [0, 0.1) is 6.92 Å². The monoisotopic (exact) mass is 340 g/mol. The van der Waals surface area contributed by atoms with Crippen molar-refractivity contribution in [1.29, 1.82) is 0 Å². The maximum absolute atomic E-state index is 5.28. The van der Waals surface area contributed by atoms with Crippen LogP contribution in [0.3, 0.4) is 0 Å². The summed E-state index contributed by atoms with van der Waals surface area (Å²) < 4.78 is 6.38. The summed E-state index contributed by atoms with van der Waals surface area (Å²) >= 11 is 5.28. The lowest BCUT2D eigenvalue weighted by Gasteiger charge is -2.15. The zero-order valence-corrected chi connectivity index (χ0v) is 13.6. The van der Waals surface area contributed by atoms with Crippen LogP contribution in [-0.2, 0) is 6.42 Å². The number of aryl methyl sites for hydroxylation is 1. The molecule has 0 saturated heterocycles. The Hall–Kier alpha value is -0.910. The van der Waals surface area contributed by atoms with Crippen LogP contribution in [0.2, 0.25) is 0 Å². The molecule has 0 aliphatic heterocycles. The molecule has 1 aromatic carbocycles. The van der Waals surface area contributed by atoms with E-state index in [-0.39, 0.29) is 6.04 Å². The molecule has 1 atom stereocenters. The van der Waals surface area contributed by atoms with Crippen LogP contribution in [0.15, 0.2) is 28.1 Å². The van der Waals surface area contributed by atoms with Crippen LogP contribution < -0.4 is 10.1 Å². The Morgan fingerprint density at radius 3 is 2.84 bits per heavy atom. The molecule has 102 valence electrons. The minimum absolute atomic E-state index is 0.216. The summed E-state index contributed by atoms with van der Waals surface area (Å²) in [4.78, 5) is 4.56. The average molecular weight is 341 g/mol. The van der Waals surface area contributed by atoms with E-state index in [1.807, 2.05) is 26.1 Å². The SMILES string of the molecule is CNC(Cc1cc(OC)ccc1Br)c1csc(C)n1. The van der Waals surface area contributed by atoms with E-state index in [9.17, 15) is 0 Å². The van der Waals surface area contributed by atoms with Crippen molar-refractivity contribution in [2.75, 3.05) is 14.2 Å². The standard InChI is InChI=1S/C14H17BrN2OS/c1-9-17-14(8-19-9)13(16-2)7-10-6-11(18-3)4-5-12(10)15/h4-6,8,13,16H,7H2,1-3H3. The molecule has 0 saturated carbocycles. The molecule has 1 heterocycles. The third-order valence-corrected chi connectivity index (χ3v) is 4.58. The molecule has 2 aromatic rings. The lowest BCUT2D eigenvalue weighted by Crippen LogP contribution is -2.19. The Morgan fingerprint density at radius 1 is 1.47 bits per heavy atom. The molecule has 1 unspecified atom stereocenters. The van der Waals surface area contributed by atoms with Crippen molar-refractivity contribution in [3.05, 3.63) is 44.3 Å². The molecule has 0 fully saturated rings. The lowest BCUT2D eigenvalue weighted by molar-refractivity contribution is 0.413. The van der Waals surface area contributed by atoms with E-state index in [0.29, 0.717) is 0 Å². The van der Waals surface area contributed by atoms with E-state index in [1.165, 1.54) is 5.56 Å². The highest BCUT2D eigenvalue weighted by atomic mass is 79.9. The summed E-state index contributed by atoms with van der Waals surface area (Å²) in [5.41, 5.74) is 2.31. The number of hydrogen-bond donors (Lipinski definition) is 1. The summed E-state index contributed by atoms with van der Waals surface area (Å²) in [5.74, 6) is 0.877. The highest BCUT2D eigenvalue weighted by Crippen LogP contribution is 2.27. The number of methoxy groups -OCH3 is 1. The molecule has 0 bridgehead atoms. The van der Waals surface area contributed by atoms with Crippen molar-refractivity contribution in [2.24, 2.45) is 0 Å². The zero-order valence-electron chi connectivity index (χ0n) is 11.2. The number of nitrogens with zero attached hydrogens (tertiary/aromatic N) is 1. The number of nitrogens with one attached hydrogen (secondary N) is 1. The van der Waals surface area contributed by atoms with Crippen LogP contribution in [0.25, 0.3) is 0 Å². The van der Waals surface area contributed by atoms with Crippen LogP contribution in [0.5, 0.6) is 5.75 Å². The van der Waals surface area contributed by atoms with Crippen molar-refractivity contribution in [1.82, 2.24) is 10.3 Å². The van der Waals surface area contributed by atoms with Gasteiger partial charge in [0.05, 0.1) is 23.9 Å². The molecule has 0 aliphatic carbocycles. The molecule has 1 N–H and O–H groups in total. The first-order valence-corrected chi connectivity index (χ1v) is 7.73. The minimum atomic E-state index is 0.216. The summed E-state index contributed by atoms with van der Waals surface area (Å²) in [6.07, 6.45) is 0.872. The van der Waals surface area contributed by atoms with Gasteiger partial charge in [0.2, 0.25) is 0 Å². The molecular weight excluding hydrogens is 324 g/mol. The molecule has 0 aliphatic rings. The topological polar surface area (TPSA) is 34.1 Å². The molecule has 0 spiro atoms. The maximum atomic E-state index is 5.28. The second-order valence-electron chi connectivity index (χ2n) is 4.29. The fourth-order valence-electron chi connectivity index (χ4n) is 1.95. The Bertz CT molecular complexity index is 556. The molecule has 3 nitrogen and oxygen atoms in total. The van der Waals surface area contributed by atoms with Gasteiger partial charge in [-0.25, -0.2) is 4.98 Å². The maximum Gasteiger partial charge on any atom is 0.119 e. The van der Waals surface area contributed by atoms with Gasteiger partial charge in [-0.05, 0) is 44.2 Å². The molecular formula is C14H17BrN2OS. The second kappa shape index (κ2) is 6.50. The molecule has 19 heavy (non-hydrogen) atoms. The van der Waals surface area contributed by atoms with E-state index >= 15 is 0 Å². The Kier molecular flexibility index (Phi) is 4.96. The second-order valence-corrected chi connectivity index (χ2v) is 6.21. The van der Waals surface area contributed by atoms with Crippen molar-refractivity contribution in [2.45, 2.75) is 19.4 Å². The number of benzene rings is 1. The fourth-order valence-corrected chi connectivity index (χ4v) is 3.02. The van der Waals surface area contributed by atoms with E-state index in [2.05, 4.69) is 37.7 Å². The quantitative estimate of drug-likeness (QED) is 0.900. The Morgan fingerprint density at radius 2 is 2.26 bits per heavy atom. The number of likely N-dealkylation sites (N-methyl/N-ethyl adjacent to an activating group) is 1. The van der Waals surface area contributed by atoms with Gasteiger partial charge in [-0.2, -0.15) is 0 Å². The highest BCUT2D eigenvalue weighted by molar-refractivity contribution is 9.10. The van der Waals surface area contributed by atoms with E-state index in [4.69, 9.17) is 4.74 Å². The first-order chi connectivity index (χ1) is 9.13. The van der Waals surface area contributed by atoms with E-state index in [0.717, 1.165) is 27.3 Å². The van der Waals surface area contributed by atoms with Gasteiger partial charge in [0.15, 0.2) is 0 Å². The molecule has 0 amide bonds. The summed E-state index contributed by atoms with van der Waals surface area (Å²) in [7, 11) is 3.65. The smallest absolute Gasteiger partial charge is 0.119 e. The molecule has 1 aromatic heterocycles. The predicted molar refractivity (Wildman–Crippen MR) is 83.0 cm³/mol. The van der Waals surface area contributed by atoms with Crippen LogP contribution in [0.1, 0.15) is 22.3 Å². The van der Waals surface area contributed by atoms with Gasteiger partial charge in [0.25, 0.3) is 0 Å². The zero-order chi connectivity index (χ0) is 13.8. The number of aromatic nitrogens is 1. The number of hydrogen-bond acceptors (Lipinski definition) is 4. The van der Waals surface area contributed by atoms with Gasteiger partial charge in [-0.3, -0.25) is 0 Å². The molecule has 2 rings (SSSR count). The van der Waals surface area contributed by atoms with Gasteiger partial charge in [0, 0.05) is 9.85 Å². The third-order valence-electron chi connectivity index (χ3n) is 3.02. The van der Waals surface area contributed by atoms with Crippen molar-refractivity contribution in [3.63, 3.8) is 0 Å². The van der Waals surface area contributed by atoms with Gasteiger partial charge < -0.3 is 10.1 Å². The van der Waals surface area contributed by atoms with Gasteiger partial charge in [-0.15, -0.1) is 11.3 Å². The Balaban J connectivity index is 2.23. The fraction of sp³-hybridized carbons (Fsp3) is 0.357. The normalized spacial score (nSPS) is 12.4. The predicted octanol–water partition coefficient (Wildman–Crippen LogP) is 3.73. The highest BCUT2D eigenvalue weighted by Gasteiger charge is 2.15. The third kappa shape index (κ3) is 3.55. The van der Waals surface area contributed by atoms with Gasteiger partial charge in [0.1, 0.15) is 5.75 Å². The average Bonchev–Trinajstić information content (AvgIpc) is 2.84. The van der Waals surface area contributed by atoms with E-state index < -0.39 is 0 Å². The first kappa shape index (κ1) is 14.5. The van der Waals surface area contributed by atoms with E-state index in [1.54, 1.807) is 18.4 Å². The van der Waals surface area contributed by atoms with Crippen molar-refractivity contribution in [3.8, 4) is 5.75 Å². The van der Waals surface area contributed by atoms with Crippen LogP contribution in [0.4, 0.5) is 0 Å². The minimum Gasteiger partial charge on any atom is -0.497 e. The van der Waals surface area contributed by atoms with Gasteiger partial charge >= 0.3 is 0 Å². The number of ether oxygens (including phenoxy) is 1. The van der Waals surface area contributed by atoms with Crippen molar-refractivity contribution < 1.29 is 4.74 Å². The number of rotatable bonds is 5.